The number of nitrogens with one attached hydrogen (secondary N) is 3. The second-order valence-electron chi connectivity index (χ2n) is 12.7. The third-order valence-electron chi connectivity index (χ3n) is 8.60. The Morgan fingerprint density at radius 1 is 0.820 bits per heavy atom. The van der Waals surface area contributed by atoms with E-state index < -0.39 is 65.8 Å². The minimum absolute atomic E-state index is 0.0471. The number of hydrogen-bond acceptors (Lipinski definition) is 10. The van der Waals surface area contributed by atoms with Gasteiger partial charge in [0.15, 0.2) is 0 Å². The first-order valence-corrected chi connectivity index (χ1v) is 17.0. The summed E-state index contributed by atoms with van der Waals surface area (Å²) >= 11 is 0. The summed E-state index contributed by atoms with van der Waals surface area (Å²) in [5.74, 6) is 1.57. The zero-order chi connectivity index (χ0) is 36.5. The van der Waals surface area contributed by atoms with Crippen LogP contribution in [0.4, 0.5) is 0 Å². The standard InChI is InChI=1S/C37H51N7O6/c1-3-4-15-30(34(46)43-32(24-28(39)16-19-38)37(49)50-36(48)27-17-20-44(2)21-18-27)41-35(47)31(23-26-13-9-6-10-14-26)42-33(45)29(40)22-25-11-7-5-8-12-25/h5-14,27-32H,15-24,38-40H2,1-2H3,(H,41,47)(H,42,45)(H,43,46)/t28?,29-,30?,31-,32-/m1/s1. The van der Waals surface area contributed by atoms with Crippen LogP contribution in [0.15, 0.2) is 60.7 Å². The minimum atomic E-state index is -1.29. The van der Waals surface area contributed by atoms with Gasteiger partial charge in [0.25, 0.3) is 0 Å². The molecule has 1 saturated heterocycles. The average Bonchev–Trinajstić information content (AvgIpc) is 3.10. The molecule has 270 valence electrons. The molecule has 0 saturated carbocycles. The number of benzene rings is 2. The topological polar surface area (TPSA) is 212 Å². The van der Waals surface area contributed by atoms with E-state index >= 15 is 0 Å². The summed E-state index contributed by atoms with van der Waals surface area (Å²) in [6, 6.07) is 13.2. The third-order valence-corrected chi connectivity index (χ3v) is 8.60. The Bertz CT molecular complexity index is 1470. The molecule has 1 fully saturated rings. The van der Waals surface area contributed by atoms with E-state index in [-0.39, 0.29) is 32.2 Å². The van der Waals surface area contributed by atoms with Crippen molar-refractivity contribution in [2.45, 2.75) is 82.1 Å². The van der Waals surface area contributed by atoms with E-state index in [1.165, 1.54) is 0 Å². The van der Waals surface area contributed by atoms with Crippen molar-refractivity contribution in [3.05, 3.63) is 71.8 Å². The lowest BCUT2D eigenvalue weighted by molar-refractivity contribution is -0.166. The summed E-state index contributed by atoms with van der Waals surface area (Å²) in [5, 5.41) is 8.08. The van der Waals surface area contributed by atoms with Gasteiger partial charge in [-0.15, -0.1) is 11.8 Å². The van der Waals surface area contributed by atoms with E-state index in [2.05, 4.69) is 32.7 Å². The molecule has 5 atom stereocenters. The third kappa shape index (κ3) is 13.4. The van der Waals surface area contributed by atoms with Gasteiger partial charge in [0, 0.05) is 18.9 Å². The van der Waals surface area contributed by atoms with Crippen LogP contribution in [0.3, 0.4) is 0 Å². The first-order chi connectivity index (χ1) is 24.0. The van der Waals surface area contributed by atoms with Crippen molar-refractivity contribution in [3.8, 4) is 11.8 Å². The number of rotatable bonds is 17. The number of hydrogen-bond donors (Lipinski definition) is 6. The first-order valence-electron chi connectivity index (χ1n) is 17.0. The Balaban J connectivity index is 1.77. The van der Waals surface area contributed by atoms with Gasteiger partial charge in [-0.3, -0.25) is 19.2 Å². The molecule has 9 N–H and O–H groups in total. The van der Waals surface area contributed by atoms with Crippen molar-refractivity contribution in [3.63, 3.8) is 0 Å². The van der Waals surface area contributed by atoms with Crippen LogP contribution in [0.5, 0.6) is 0 Å². The Labute approximate surface area is 294 Å². The average molecular weight is 690 g/mol. The fraction of sp³-hybridized carbons (Fsp3) is 0.486. The van der Waals surface area contributed by atoms with Crippen molar-refractivity contribution >= 4 is 29.7 Å². The molecule has 0 aliphatic carbocycles. The molecule has 1 heterocycles. The van der Waals surface area contributed by atoms with Gasteiger partial charge in [0.2, 0.25) is 17.7 Å². The number of carbonyl (C=O) groups is 5. The van der Waals surface area contributed by atoms with Crippen molar-refractivity contribution in [2.75, 3.05) is 26.7 Å². The number of nitrogens with two attached hydrogens (primary N) is 3. The van der Waals surface area contributed by atoms with Gasteiger partial charge >= 0.3 is 11.9 Å². The lowest BCUT2D eigenvalue weighted by atomic mass is 9.97. The zero-order valence-corrected chi connectivity index (χ0v) is 28.9. The minimum Gasteiger partial charge on any atom is -0.391 e. The molecule has 3 rings (SSSR count). The number of ether oxygens (including phenoxy) is 1. The molecule has 50 heavy (non-hydrogen) atoms. The molecular formula is C37H51N7O6. The van der Waals surface area contributed by atoms with E-state index in [9.17, 15) is 24.0 Å². The quantitative estimate of drug-likeness (QED) is 0.0752. The predicted molar refractivity (Wildman–Crippen MR) is 190 cm³/mol. The Morgan fingerprint density at radius 2 is 1.36 bits per heavy atom. The van der Waals surface area contributed by atoms with Crippen LogP contribution in [0, 0.1) is 17.8 Å². The lowest BCUT2D eigenvalue weighted by Crippen LogP contribution is -2.58. The maximum Gasteiger partial charge on any atom is 0.336 e. The number of carbonyl (C=O) groups excluding carboxylic acids is 5. The van der Waals surface area contributed by atoms with E-state index in [4.69, 9.17) is 21.9 Å². The van der Waals surface area contributed by atoms with E-state index in [1.54, 1.807) is 6.92 Å². The van der Waals surface area contributed by atoms with Gasteiger partial charge in [-0.05, 0) is 76.8 Å². The number of nitrogens with zero attached hydrogens (tertiary/aromatic N) is 1. The largest absolute Gasteiger partial charge is 0.391 e. The van der Waals surface area contributed by atoms with Crippen LogP contribution in [0.25, 0.3) is 0 Å². The van der Waals surface area contributed by atoms with Crippen LogP contribution < -0.4 is 33.2 Å². The smallest absolute Gasteiger partial charge is 0.336 e. The Kier molecular flexibility index (Phi) is 16.6. The van der Waals surface area contributed by atoms with Crippen molar-refractivity contribution in [1.29, 1.82) is 0 Å². The van der Waals surface area contributed by atoms with E-state index in [0.717, 1.165) is 11.1 Å². The summed E-state index contributed by atoms with van der Waals surface area (Å²) in [5.41, 5.74) is 19.7. The molecule has 0 radical (unpaired) electrons. The SMILES string of the molecule is CC#CCC(NC(=O)[C@@H](Cc1ccccc1)NC(=O)[C@H](N)Cc1ccccc1)C(=O)N[C@H](CC(N)CCN)C(=O)OC(=O)C1CCN(C)CC1. The monoisotopic (exact) mass is 689 g/mol. The second kappa shape index (κ2) is 20.8. The van der Waals surface area contributed by atoms with Crippen LogP contribution in [0.2, 0.25) is 0 Å². The highest BCUT2D eigenvalue weighted by Gasteiger charge is 2.34. The summed E-state index contributed by atoms with van der Waals surface area (Å²) < 4.78 is 5.25. The molecular weight excluding hydrogens is 638 g/mol. The summed E-state index contributed by atoms with van der Waals surface area (Å²) in [4.78, 5) is 69.0. The second-order valence-corrected chi connectivity index (χ2v) is 12.7. The first kappa shape index (κ1) is 39.8. The van der Waals surface area contributed by atoms with Gasteiger partial charge in [0.1, 0.15) is 18.1 Å². The summed E-state index contributed by atoms with van der Waals surface area (Å²) in [6.45, 7) is 3.23. The molecule has 0 bridgehead atoms. The van der Waals surface area contributed by atoms with Crippen LogP contribution in [-0.4, -0.2) is 91.5 Å². The van der Waals surface area contributed by atoms with E-state index in [1.807, 2.05) is 67.7 Å². The van der Waals surface area contributed by atoms with Crippen LogP contribution in [-0.2, 0) is 41.6 Å². The highest BCUT2D eigenvalue weighted by molar-refractivity contribution is 5.96. The molecule has 1 aliphatic heterocycles. The molecule has 2 aromatic carbocycles. The van der Waals surface area contributed by atoms with E-state index in [0.29, 0.717) is 32.4 Å². The van der Waals surface area contributed by atoms with Crippen molar-refractivity contribution < 1.29 is 28.7 Å². The number of esters is 2. The molecule has 3 amide bonds. The molecule has 0 aromatic heterocycles. The molecule has 2 aromatic rings. The Hall–Kier alpha value is -4.61. The molecule has 1 aliphatic rings. The molecule has 0 spiro atoms. The summed E-state index contributed by atoms with van der Waals surface area (Å²) in [7, 11) is 1.95. The van der Waals surface area contributed by atoms with Crippen LogP contribution in [0.1, 0.15) is 50.2 Å². The number of piperidine rings is 1. The fourth-order valence-corrected chi connectivity index (χ4v) is 5.60. The highest BCUT2D eigenvalue weighted by Crippen LogP contribution is 2.18. The van der Waals surface area contributed by atoms with Crippen molar-refractivity contribution in [2.24, 2.45) is 23.1 Å². The van der Waals surface area contributed by atoms with Gasteiger partial charge in [0.05, 0.1) is 12.0 Å². The number of amides is 3. The Morgan fingerprint density at radius 3 is 1.94 bits per heavy atom. The van der Waals surface area contributed by atoms with Gasteiger partial charge in [-0.2, -0.15) is 0 Å². The maximum absolute atomic E-state index is 13.8. The van der Waals surface area contributed by atoms with Gasteiger partial charge in [-0.25, -0.2) is 4.79 Å². The maximum atomic E-state index is 13.8. The highest BCUT2D eigenvalue weighted by atomic mass is 16.6. The molecule has 2 unspecified atom stereocenters. The normalized spacial score (nSPS) is 16.3. The van der Waals surface area contributed by atoms with Crippen molar-refractivity contribution in [1.82, 2.24) is 20.9 Å². The zero-order valence-electron chi connectivity index (χ0n) is 28.9. The molecule has 13 heteroatoms. The fourth-order valence-electron chi connectivity index (χ4n) is 5.60. The van der Waals surface area contributed by atoms with Gasteiger partial charge < -0.3 is 42.8 Å². The lowest BCUT2D eigenvalue weighted by Gasteiger charge is -2.28. The molecule has 13 nitrogen and oxygen atoms in total. The van der Waals surface area contributed by atoms with Gasteiger partial charge in [-0.1, -0.05) is 60.7 Å². The number of likely N-dealkylation sites (tertiary alicyclic amines) is 1. The summed E-state index contributed by atoms with van der Waals surface area (Å²) in [6.07, 6.45) is 1.69. The van der Waals surface area contributed by atoms with Crippen LogP contribution >= 0.6 is 0 Å². The predicted octanol–water partition coefficient (Wildman–Crippen LogP) is 0.145.